The lowest BCUT2D eigenvalue weighted by molar-refractivity contribution is 0.0974. The Hall–Kier alpha value is -1.42. The molecule has 1 atom stereocenters. The summed E-state index contributed by atoms with van der Waals surface area (Å²) in [4.78, 5) is 15.6. The number of nitrogen functional groups attached to an aromatic ring is 1. The summed E-state index contributed by atoms with van der Waals surface area (Å²) in [6.07, 6.45) is 5.24. The van der Waals surface area contributed by atoms with Crippen LogP contribution < -0.4 is 11.5 Å². The SMILES string of the molecule is CCCC(N)CC(=O)c1cnccc1N. The van der Waals surface area contributed by atoms with Gasteiger partial charge in [-0.05, 0) is 12.5 Å². The van der Waals surface area contributed by atoms with Gasteiger partial charge >= 0.3 is 0 Å². The topological polar surface area (TPSA) is 82.0 Å². The zero-order chi connectivity index (χ0) is 11.3. The Morgan fingerprint density at radius 1 is 1.60 bits per heavy atom. The van der Waals surface area contributed by atoms with Gasteiger partial charge in [-0.3, -0.25) is 9.78 Å². The van der Waals surface area contributed by atoms with Gasteiger partial charge < -0.3 is 11.5 Å². The molecule has 1 rings (SSSR count). The maximum atomic E-state index is 11.8. The summed E-state index contributed by atoms with van der Waals surface area (Å²) in [7, 11) is 0. The molecular formula is C11H17N3O. The monoisotopic (exact) mass is 207 g/mol. The Bertz CT molecular complexity index is 338. The average molecular weight is 207 g/mol. The van der Waals surface area contributed by atoms with Crippen LogP contribution >= 0.6 is 0 Å². The summed E-state index contributed by atoms with van der Waals surface area (Å²) >= 11 is 0. The second-order valence-corrected chi connectivity index (χ2v) is 3.64. The summed E-state index contributed by atoms with van der Waals surface area (Å²) in [5.41, 5.74) is 12.4. The highest BCUT2D eigenvalue weighted by atomic mass is 16.1. The molecule has 0 amide bonds. The molecule has 1 heterocycles. The number of carbonyl (C=O) groups excluding carboxylic acids is 1. The van der Waals surface area contributed by atoms with Crippen LogP contribution in [0.2, 0.25) is 0 Å². The van der Waals surface area contributed by atoms with Crippen molar-refractivity contribution in [2.75, 3.05) is 5.73 Å². The van der Waals surface area contributed by atoms with E-state index in [0.717, 1.165) is 12.8 Å². The van der Waals surface area contributed by atoms with Crippen molar-refractivity contribution in [1.82, 2.24) is 4.98 Å². The minimum absolute atomic E-state index is 0.0263. The maximum Gasteiger partial charge on any atom is 0.168 e. The quantitative estimate of drug-likeness (QED) is 0.714. The van der Waals surface area contributed by atoms with Crippen molar-refractivity contribution in [3.05, 3.63) is 24.0 Å². The summed E-state index contributed by atoms with van der Waals surface area (Å²) in [6.45, 7) is 2.04. The molecule has 0 saturated heterocycles. The first-order valence-corrected chi connectivity index (χ1v) is 5.13. The zero-order valence-electron chi connectivity index (χ0n) is 8.94. The first-order chi connectivity index (χ1) is 7.15. The van der Waals surface area contributed by atoms with Crippen LogP contribution in [0.15, 0.2) is 18.5 Å². The Morgan fingerprint density at radius 2 is 2.33 bits per heavy atom. The molecule has 1 aromatic rings. The standard InChI is InChI=1S/C11H17N3O/c1-2-3-8(12)6-11(15)9-7-14-5-4-10(9)13/h4-5,7-8H,2-3,6,12H2,1H3,(H2,13,14). The minimum atomic E-state index is -0.0814. The molecule has 0 bridgehead atoms. The van der Waals surface area contributed by atoms with E-state index in [1.165, 1.54) is 6.20 Å². The number of rotatable bonds is 5. The lowest BCUT2D eigenvalue weighted by Crippen LogP contribution is -2.24. The molecule has 4 N–H and O–H groups in total. The fourth-order valence-electron chi connectivity index (χ4n) is 1.46. The number of anilines is 1. The molecule has 0 aliphatic carbocycles. The molecule has 0 spiro atoms. The Balaban J connectivity index is 2.65. The van der Waals surface area contributed by atoms with Crippen molar-refractivity contribution in [2.24, 2.45) is 5.73 Å². The van der Waals surface area contributed by atoms with E-state index >= 15 is 0 Å². The molecule has 0 aliphatic heterocycles. The third-order valence-corrected chi connectivity index (χ3v) is 2.26. The number of aromatic nitrogens is 1. The maximum absolute atomic E-state index is 11.8. The average Bonchev–Trinajstić information content (AvgIpc) is 2.18. The predicted octanol–water partition coefficient (Wildman–Crippen LogP) is 1.36. The second kappa shape index (κ2) is 5.46. The number of ketones is 1. The molecular weight excluding hydrogens is 190 g/mol. The van der Waals surface area contributed by atoms with Crippen LogP contribution in [0.25, 0.3) is 0 Å². The van der Waals surface area contributed by atoms with E-state index < -0.39 is 0 Å². The normalized spacial score (nSPS) is 12.4. The largest absolute Gasteiger partial charge is 0.398 e. The molecule has 0 aliphatic rings. The first-order valence-electron chi connectivity index (χ1n) is 5.13. The number of hydrogen-bond donors (Lipinski definition) is 2. The molecule has 0 aromatic carbocycles. The van der Waals surface area contributed by atoms with Gasteiger partial charge in [-0.15, -0.1) is 0 Å². The van der Waals surface area contributed by atoms with Gasteiger partial charge in [-0.25, -0.2) is 0 Å². The fourth-order valence-corrected chi connectivity index (χ4v) is 1.46. The van der Waals surface area contributed by atoms with Crippen LogP contribution in [0.1, 0.15) is 36.5 Å². The second-order valence-electron chi connectivity index (χ2n) is 3.64. The molecule has 0 saturated carbocycles. The molecule has 1 aromatic heterocycles. The van der Waals surface area contributed by atoms with Crippen LogP contribution in [-0.4, -0.2) is 16.8 Å². The number of hydrogen-bond acceptors (Lipinski definition) is 4. The number of pyridine rings is 1. The Kier molecular flexibility index (Phi) is 4.24. The van der Waals surface area contributed by atoms with E-state index in [4.69, 9.17) is 11.5 Å². The van der Waals surface area contributed by atoms with Gasteiger partial charge in [-0.2, -0.15) is 0 Å². The van der Waals surface area contributed by atoms with E-state index in [1.54, 1.807) is 12.3 Å². The highest BCUT2D eigenvalue weighted by Gasteiger charge is 2.13. The zero-order valence-corrected chi connectivity index (χ0v) is 8.94. The van der Waals surface area contributed by atoms with E-state index in [9.17, 15) is 4.79 Å². The number of nitrogens with zero attached hydrogens (tertiary/aromatic N) is 1. The fraction of sp³-hybridized carbons (Fsp3) is 0.455. The number of nitrogens with two attached hydrogens (primary N) is 2. The summed E-state index contributed by atoms with van der Waals surface area (Å²) in [5, 5.41) is 0. The smallest absolute Gasteiger partial charge is 0.168 e. The van der Waals surface area contributed by atoms with Crippen LogP contribution in [0.3, 0.4) is 0 Å². The predicted molar refractivity (Wildman–Crippen MR) is 60.5 cm³/mol. The molecule has 82 valence electrons. The highest BCUT2D eigenvalue weighted by molar-refractivity contribution is 6.00. The van der Waals surface area contributed by atoms with Crippen molar-refractivity contribution in [3.63, 3.8) is 0 Å². The molecule has 0 fully saturated rings. The molecule has 0 radical (unpaired) electrons. The van der Waals surface area contributed by atoms with Crippen molar-refractivity contribution in [2.45, 2.75) is 32.2 Å². The van der Waals surface area contributed by atoms with E-state index in [0.29, 0.717) is 17.7 Å². The molecule has 1 unspecified atom stereocenters. The Morgan fingerprint density at radius 3 is 2.93 bits per heavy atom. The van der Waals surface area contributed by atoms with Gasteiger partial charge in [0.15, 0.2) is 5.78 Å². The van der Waals surface area contributed by atoms with Gasteiger partial charge in [-0.1, -0.05) is 13.3 Å². The summed E-state index contributed by atoms with van der Waals surface area (Å²) in [6, 6.07) is 1.54. The van der Waals surface area contributed by atoms with Crippen molar-refractivity contribution < 1.29 is 4.79 Å². The van der Waals surface area contributed by atoms with E-state index in [2.05, 4.69) is 4.98 Å². The van der Waals surface area contributed by atoms with Crippen LogP contribution in [0.4, 0.5) is 5.69 Å². The van der Waals surface area contributed by atoms with Crippen LogP contribution in [-0.2, 0) is 0 Å². The van der Waals surface area contributed by atoms with Gasteiger partial charge in [0.2, 0.25) is 0 Å². The third kappa shape index (κ3) is 3.32. The summed E-state index contributed by atoms with van der Waals surface area (Å²) < 4.78 is 0. The van der Waals surface area contributed by atoms with Crippen molar-refractivity contribution >= 4 is 11.5 Å². The number of carbonyl (C=O) groups is 1. The van der Waals surface area contributed by atoms with Crippen molar-refractivity contribution in [1.29, 1.82) is 0 Å². The molecule has 15 heavy (non-hydrogen) atoms. The van der Waals surface area contributed by atoms with Gasteiger partial charge in [0.25, 0.3) is 0 Å². The third-order valence-electron chi connectivity index (χ3n) is 2.26. The Labute approximate surface area is 89.7 Å². The van der Waals surface area contributed by atoms with E-state index in [1.807, 2.05) is 6.92 Å². The van der Waals surface area contributed by atoms with Gasteiger partial charge in [0, 0.05) is 30.5 Å². The van der Waals surface area contributed by atoms with Crippen LogP contribution in [0.5, 0.6) is 0 Å². The highest BCUT2D eigenvalue weighted by Crippen LogP contribution is 2.13. The summed E-state index contributed by atoms with van der Waals surface area (Å²) in [5.74, 6) is -0.0263. The van der Waals surface area contributed by atoms with E-state index in [-0.39, 0.29) is 11.8 Å². The molecule has 4 heteroatoms. The lowest BCUT2D eigenvalue weighted by Gasteiger charge is -2.09. The number of Topliss-reactive ketones (excluding diaryl/α,β-unsaturated/α-hetero) is 1. The van der Waals surface area contributed by atoms with Crippen LogP contribution in [0, 0.1) is 0 Å². The van der Waals surface area contributed by atoms with Gasteiger partial charge in [0.05, 0.1) is 5.56 Å². The first kappa shape index (κ1) is 11.7. The minimum Gasteiger partial charge on any atom is -0.398 e. The van der Waals surface area contributed by atoms with Gasteiger partial charge in [0.1, 0.15) is 0 Å². The lowest BCUT2D eigenvalue weighted by atomic mass is 10.0. The molecule has 4 nitrogen and oxygen atoms in total. The van der Waals surface area contributed by atoms with Crippen molar-refractivity contribution in [3.8, 4) is 0 Å².